The van der Waals surface area contributed by atoms with Crippen molar-refractivity contribution in [1.82, 2.24) is 14.5 Å². The molecular formula is C19H31N3. The molecule has 0 aliphatic carbocycles. The van der Waals surface area contributed by atoms with Crippen LogP contribution in [-0.2, 0) is 13.1 Å². The van der Waals surface area contributed by atoms with Crippen LogP contribution in [0.15, 0.2) is 24.3 Å². The summed E-state index contributed by atoms with van der Waals surface area (Å²) in [5.41, 5.74) is 2.41. The van der Waals surface area contributed by atoms with Crippen molar-refractivity contribution in [3.8, 4) is 0 Å². The van der Waals surface area contributed by atoms with Gasteiger partial charge in [-0.3, -0.25) is 0 Å². The molecule has 0 saturated carbocycles. The molecule has 22 heavy (non-hydrogen) atoms. The van der Waals surface area contributed by atoms with Gasteiger partial charge in [0.15, 0.2) is 0 Å². The summed E-state index contributed by atoms with van der Waals surface area (Å²) in [5, 5.41) is 0. The number of nitrogens with zero attached hydrogens (tertiary/aromatic N) is 3. The van der Waals surface area contributed by atoms with Crippen LogP contribution in [0.4, 0.5) is 0 Å². The molecule has 0 saturated heterocycles. The molecule has 3 heteroatoms. The Morgan fingerprint density at radius 3 is 2.36 bits per heavy atom. The summed E-state index contributed by atoms with van der Waals surface area (Å²) in [4.78, 5) is 7.01. The molecule has 0 aliphatic rings. The zero-order valence-electron chi connectivity index (χ0n) is 14.5. The number of benzene rings is 1. The number of fused-ring (bicyclic) bond motifs is 1. The van der Waals surface area contributed by atoms with Crippen LogP contribution in [0, 0.1) is 0 Å². The van der Waals surface area contributed by atoms with Crippen molar-refractivity contribution in [3.63, 3.8) is 0 Å². The quantitative estimate of drug-likeness (QED) is 0.585. The van der Waals surface area contributed by atoms with Crippen molar-refractivity contribution in [2.45, 2.75) is 65.0 Å². The first kappa shape index (κ1) is 17.0. The van der Waals surface area contributed by atoms with Gasteiger partial charge in [0.05, 0.1) is 17.6 Å². The molecule has 0 aliphatic heterocycles. The molecule has 2 rings (SSSR count). The second-order valence-electron chi connectivity index (χ2n) is 6.53. The number of hydrogen-bond acceptors (Lipinski definition) is 2. The van der Waals surface area contributed by atoms with Gasteiger partial charge in [0, 0.05) is 6.54 Å². The highest BCUT2D eigenvalue weighted by Crippen LogP contribution is 2.18. The fourth-order valence-electron chi connectivity index (χ4n) is 3.01. The van der Waals surface area contributed by atoms with E-state index >= 15 is 0 Å². The maximum atomic E-state index is 4.81. The average molecular weight is 301 g/mol. The number of imidazole rings is 1. The number of aryl methyl sites for hydroxylation is 1. The topological polar surface area (TPSA) is 21.1 Å². The second-order valence-corrected chi connectivity index (χ2v) is 6.53. The van der Waals surface area contributed by atoms with Crippen LogP contribution in [-0.4, -0.2) is 28.5 Å². The first-order chi connectivity index (χ1) is 10.7. The van der Waals surface area contributed by atoms with E-state index in [1.54, 1.807) is 0 Å². The van der Waals surface area contributed by atoms with Crippen LogP contribution in [0.5, 0.6) is 0 Å². The first-order valence-corrected chi connectivity index (χ1v) is 8.81. The zero-order chi connectivity index (χ0) is 15.8. The lowest BCUT2D eigenvalue weighted by Gasteiger charge is -2.13. The molecule has 0 atom stereocenters. The molecule has 0 bridgehead atoms. The van der Waals surface area contributed by atoms with Crippen molar-refractivity contribution < 1.29 is 0 Å². The molecule has 0 radical (unpaired) electrons. The standard InChI is InChI=1S/C19H31N3/c1-4-5-6-7-8-9-12-15-22-18-14-11-10-13-17(18)20-19(22)16-21(2)3/h10-11,13-14H,4-9,12,15-16H2,1-3H3. The summed E-state index contributed by atoms with van der Waals surface area (Å²) >= 11 is 0. The summed E-state index contributed by atoms with van der Waals surface area (Å²) < 4.78 is 2.42. The van der Waals surface area contributed by atoms with Gasteiger partial charge in [-0.25, -0.2) is 4.98 Å². The summed E-state index contributed by atoms with van der Waals surface area (Å²) in [7, 11) is 4.22. The van der Waals surface area contributed by atoms with E-state index in [0.717, 1.165) is 18.6 Å². The van der Waals surface area contributed by atoms with E-state index in [2.05, 4.69) is 54.8 Å². The van der Waals surface area contributed by atoms with Gasteiger partial charge in [-0.05, 0) is 32.6 Å². The predicted octanol–water partition coefficient (Wildman–Crippen LogP) is 4.85. The maximum Gasteiger partial charge on any atom is 0.124 e. The molecule has 122 valence electrons. The molecule has 2 aromatic rings. The summed E-state index contributed by atoms with van der Waals surface area (Å²) in [6.45, 7) is 4.28. The molecule has 3 nitrogen and oxygen atoms in total. The molecule has 1 heterocycles. The average Bonchev–Trinajstić information content (AvgIpc) is 2.83. The molecule has 0 amide bonds. The smallest absolute Gasteiger partial charge is 0.124 e. The number of para-hydroxylation sites is 2. The van der Waals surface area contributed by atoms with Crippen LogP contribution in [0.3, 0.4) is 0 Å². The first-order valence-electron chi connectivity index (χ1n) is 8.81. The molecule has 0 N–H and O–H groups in total. The zero-order valence-corrected chi connectivity index (χ0v) is 14.5. The minimum Gasteiger partial charge on any atom is -0.327 e. The Bertz CT molecular complexity index is 557. The molecule has 1 aromatic heterocycles. The minimum absolute atomic E-state index is 0.908. The van der Waals surface area contributed by atoms with Gasteiger partial charge in [0.1, 0.15) is 5.82 Å². The molecular weight excluding hydrogens is 270 g/mol. The van der Waals surface area contributed by atoms with Crippen LogP contribution < -0.4 is 0 Å². The second kappa shape index (κ2) is 8.94. The van der Waals surface area contributed by atoms with Crippen LogP contribution in [0.2, 0.25) is 0 Å². The van der Waals surface area contributed by atoms with Crippen molar-refractivity contribution in [3.05, 3.63) is 30.1 Å². The van der Waals surface area contributed by atoms with Gasteiger partial charge in [0.25, 0.3) is 0 Å². The fourth-order valence-corrected chi connectivity index (χ4v) is 3.01. The molecule has 0 unspecified atom stereocenters. The highest BCUT2D eigenvalue weighted by atomic mass is 15.2. The number of unbranched alkanes of at least 4 members (excludes halogenated alkanes) is 6. The van der Waals surface area contributed by atoms with Gasteiger partial charge in [-0.15, -0.1) is 0 Å². The van der Waals surface area contributed by atoms with Gasteiger partial charge in [-0.1, -0.05) is 57.6 Å². The predicted molar refractivity (Wildman–Crippen MR) is 95.1 cm³/mol. The molecule has 1 aromatic carbocycles. The van der Waals surface area contributed by atoms with Gasteiger partial charge in [0.2, 0.25) is 0 Å². The third kappa shape index (κ3) is 4.84. The Labute approximate surface area is 135 Å². The number of hydrogen-bond donors (Lipinski definition) is 0. The maximum absolute atomic E-state index is 4.81. The highest BCUT2D eigenvalue weighted by molar-refractivity contribution is 5.75. The van der Waals surface area contributed by atoms with Crippen molar-refractivity contribution in [1.29, 1.82) is 0 Å². The lowest BCUT2D eigenvalue weighted by Crippen LogP contribution is -2.15. The van der Waals surface area contributed by atoms with Crippen LogP contribution in [0.25, 0.3) is 11.0 Å². The Morgan fingerprint density at radius 2 is 1.64 bits per heavy atom. The summed E-state index contributed by atoms with van der Waals surface area (Å²) in [6, 6.07) is 8.51. The van der Waals surface area contributed by atoms with Gasteiger partial charge >= 0.3 is 0 Å². The van der Waals surface area contributed by atoms with E-state index in [0.29, 0.717) is 0 Å². The Morgan fingerprint density at radius 1 is 0.955 bits per heavy atom. The van der Waals surface area contributed by atoms with Crippen molar-refractivity contribution in [2.24, 2.45) is 0 Å². The number of aromatic nitrogens is 2. The van der Waals surface area contributed by atoms with Crippen LogP contribution in [0.1, 0.15) is 57.7 Å². The normalized spacial score (nSPS) is 11.6. The monoisotopic (exact) mass is 301 g/mol. The van der Waals surface area contributed by atoms with E-state index in [1.807, 2.05) is 0 Å². The highest BCUT2D eigenvalue weighted by Gasteiger charge is 2.10. The van der Waals surface area contributed by atoms with Crippen LogP contribution >= 0.6 is 0 Å². The third-order valence-corrected chi connectivity index (χ3v) is 4.18. The Balaban J connectivity index is 1.93. The van der Waals surface area contributed by atoms with E-state index in [9.17, 15) is 0 Å². The SMILES string of the molecule is CCCCCCCCCn1c(CN(C)C)nc2ccccc21. The van der Waals surface area contributed by atoms with E-state index in [4.69, 9.17) is 4.98 Å². The third-order valence-electron chi connectivity index (χ3n) is 4.18. The van der Waals surface area contributed by atoms with Gasteiger partial charge < -0.3 is 9.47 Å². The molecule has 0 spiro atoms. The minimum atomic E-state index is 0.908. The van der Waals surface area contributed by atoms with E-state index in [-0.39, 0.29) is 0 Å². The molecule has 0 fully saturated rings. The summed E-state index contributed by atoms with van der Waals surface area (Å²) in [5.74, 6) is 1.19. The van der Waals surface area contributed by atoms with Crippen molar-refractivity contribution in [2.75, 3.05) is 14.1 Å². The van der Waals surface area contributed by atoms with Gasteiger partial charge in [-0.2, -0.15) is 0 Å². The van der Waals surface area contributed by atoms with Crippen molar-refractivity contribution >= 4 is 11.0 Å². The van der Waals surface area contributed by atoms with E-state index < -0.39 is 0 Å². The Hall–Kier alpha value is -1.35. The lowest BCUT2D eigenvalue weighted by molar-refractivity contribution is 0.380. The Kier molecular flexibility index (Phi) is 6.91. The number of rotatable bonds is 10. The fraction of sp³-hybridized carbons (Fsp3) is 0.632. The lowest BCUT2D eigenvalue weighted by atomic mass is 10.1. The largest absolute Gasteiger partial charge is 0.327 e. The van der Waals surface area contributed by atoms with E-state index in [1.165, 1.54) is 56.3 Å². The summed E-state index contributed by atoms with van der Waals surface area (Å²) in [6.07, 6.45) is 9.47.